The molecule has 0 aliphatic rings. The van der Waals surface area contributed by atoms with Crippen LogP contribution in [0, 0.1) is 0 Å². The van der Waals surface area contributed by atoms with E-state index in [2.05, 4.69) is 4.98 Å². The van der Waals surface area contributed by atoms with Crippen LogP contribution < -0.4 is 5.73 Å². The lowest BCUT2D eigenvalue weighted by molar-refractivity contribution is 1.36. The minimum absolute atomic E-state index is 0.596. The molecule has 0 radical (unpaired) electrons. The third-order valence-electron chi connectivity index (χ3n) is 1.76. The Morgan fingerprint density at radius 1 is 1.47 bits per heavy atom. The first kappa shape index (κ1) is 10.8. The third kappa shape index (κ3) is 3.12. The van der Waals surface area contributed by atoms with E-state index in [-0.39, 0.29) is 0 Å². The van der Waals surface area contributed by atoms with Gasteiger partial charge in [0.15, 0.2) is 4.47 Å². The van der Waals surface area contributed by atoms with E-state index in [0.29, 0.717) is 4.47 Å². The van der Waals surface area contributed by atoms with Gasteiger partial charge < -0.3 is 5.73 Å². The molecule has 1 aromatic carbocycles. The Bertz CT molecular complexity index is 456. The summed E-state index contributed by atoms with van der Waals surface area (Å²) in [4.78, 5) is 6.33. The number of anilines is 1. The first-order valence-electron chi connectivity index (χ1n) is 4.32. The molecule has 5 heteroatoms. The molecule has 0 aliphatic heterocycles. The van der Waals surface area contributed by atoms with Crippen molar-refractivity contribution in [2.24, 2.45) is 0 Å². The molecule has 0 aliphatic carbocycles. The smallest absolute Gasteiger partial charge is 0.183 e. The lowest BCUT2D eigenvalue weighted by atomic mass is 10.3. The molecular weight excluding hydrogens is 248 g/mol. The highest BCUT2D eigenvalue weighted by molar-refractivity contribution is 7.98. The Balaban J connectivity index is 1.99. The van der Waals surface area contributed by atoms with Crippen LogP contribution in [0.5, 0.6) is 0 Å². The summed E-state index contributed by atoms with van der Waals surface area (Å²) in [5, 5.41) is 0. The van der Waals surface area contributed by atoms with Crippen molar-refractivity contribution in [3.05, 3.63) is 39.8 Å². The van der Waals surface area contributed by atoms with Crippen LogP contribution in [0.4, 0.5) is 5.69 Å². The van der Waals surface area contributed by atoms with Crippen LogP contribution in [0.1, 0.15) is 4.88 Å². The quantitative estimate of drug-likeness (QED) is 0.673. The number of nitrogen functional groups attached to an aromatic ring is 1. The van der Waals surface area contributed by atoms with Gasteiger partial charge in [0.2, 0.25) is 0 Å². The molecule has 0 spiro atoms. The van der Waals surface area contributed by atoms with Crippen molar-refractivity contribution < 1.29 is 0 Å². The molecule has 0 saturated heterocycles. The number of halogens is 1. The molecule has 15 heavy (non-hydrogen) atoms. The largest absolute Gasteiger partial charge is 0.399 e. The van der Waals surface area contributed by atoms with Gasteiger partial charge in [0.1, 0.15) is 0 Å². The molecule has 1 heterocycles. The Morgan fingerprint density at radius 2 is 2.33 bits per heavy atom. The number of hydrogen-bond donors (Lipinski definition) is 1. The Morgan fingerprint density at radius 3 is 3.00 bits per heavy atom. The summed E-state index contributed by atoms with van der Waals surface area (Å²) in [7, 11) is 0. The number of thioether (sulfide) groups is 1. The first-order valence-corrected chi connectivity index (χ1v) is 6.50. The highest BCUT2D eigenvalue weighted by Crippen LogP contribution is 2.27. The summed E-state index contributed by atoms with van der Waals surface area (Å²) >= 11 is 8.99. The fraction of sp³-hybridized carbons (Fsp3) is 0.100. The average molecular weight is 257 g/mol. The van der Waals surface area contributed by atoms with Crippen LogP contribution in [0.15, 0.2) is 35.4 Å². The molecule has 1 aromatic heterocycles. The fourth-order valence-electron chi connectivity index (χ4n) is 1.11. The number of aromatic nitrogens is 1. The highest BCUT2D eigenvalue weighted by atomic mass is 35.5. The van der Waals surface area contributed by atoms with Crippen molar-refractivity contribution >= 4 is 40.4 Å². The number of rotatable bonds is 3. The van der Waals surface area contributed by atoms with Gasteiger partial charge in [-0.15, -0.1) is 23.1 Å². The molecule has 0 amide bonds. The predicted molar refractivity (Wildman–Crippen MR) is 67.5 cm³/mol. The van der Waals surface area contributed by atoms with E-state index in [1.54, 1.807) is 11.8 Å². The van der Waals surface area contributed by atoms with Gasteiger partial charge in [-0.05, 0) is 18.2 Å². The van der Waals surface area contributed by atoms with E-state index >= 15 is 0 Å². The molecule has 0 saturated carbocycles. The van der Waals surface area contributed by atoms with Crippen LogP contribution in [-0.2, 0) is 5.75 Å². The Labute approximate surface area is 101 Å². The van der Waals surface area contributed by atoms with E-state index in [4.69, 9.17) is 17.3 Å². The second-order valence-corrected chi connectivity index (χ2v) is 5.69. The number of nitrogens with two attached hydrogens (primary N) is 1. The number of hydrogen-bond acceptors (Lipinski definition) is 4. The number of benzene rings is 1. The molecule has 78 valence electrons. The Kier molecular flexibility index (Phi) is 3.51. The SMILES string of the molecule is Nc1cccc(SCc2cnc(Cl)s2)c1. The van der Waals surface area contributed by atoms with E-state index in [1.807, 2.05) is 30.5 Å². The van der Waals surface area contributed by atoms with Gasteiger partial charge in [0, 0.05) is 27.4 Å². The van der Waals surface area contributed by atoms with Gasteiger partial charge >= 0.3 is 0 Å². The van der Waals surface area contributed by atoms with Crippen molar-refractivity contribution in [2.45, 2.75) is 10.6 Å². The summed E-state index contributed by atoms with van der Waals surface area (Å²) < 4.78 is 0.596. The monoisotopic (exact) mass is 256 g/mol. The zero-order valence-electron chi connectivity index (χ0n) is 7.81. The number of thiazole rings is 1. The van der Waals surface area contributed by atoms with Gasteiger partial charge in [-0.1, -0.05) is 17.7 Å². The maximum atomic E-state index is 5.75. The standard InChI is InChI=1S/C10H9ClN2S2/c11-10-13-5-9(15-10)6-14-8-3-1-2-7(12)4-8/h1-5H,6,12H2. The molecule has 0 unspecified atom stereocenters. The molecule has 0 fully saturated rings. The summed E-state index contributed by atoms with van der Waals surface area (Å²) in [5.41, 5.74) is 6.48. The maximum Gasteiger partial charge on any atom is 0.183 e. The molecule has 2 aromatic rings. The molecule has 2 N–H and O–H groups in total. The van der Waals surface area contributed by atoms with E-state index < -0.39 is 0 Å². The average Bonchev–Trinajstić information content (AvgIpc) is 2.62. The normalized spacial score (nSPS) is 10.5. The Hall–Kier alpha value is -0.710. The molecule has 2 nitrogen and oxygen atoms in total. The third-order valence-corrected chi connectivity index (χ3v) is 4.10. The van der Waals surface area contributed by atoms with Crippen molar-refractivity contribution in [1.29, 1.82) is 0 Å². The van der Waals surface area contributed by atoms with Crippen molar-refractivity contribution in [1.82, 2.24) is 4.98 Å². The van der Waals surface area contributed by atoms with Crippen molar-refractivity contribution in [3.63, 3.8) is 0 Å². The first-order chi connectivity index (χ1) is 7.24. The molecule has 2 rings (SSSR count). The van der Waals surface area contributed by atoms with Gasteiger partial charge in [-0.3, -0.25) is 0 Å². The van der Waals surface area contributed by atoms with Crippen LogP contribution in [-0.4, -0.2) is 4.98 Å². The van der Waals surface area contributed by atoms with Gasteiger partial charge in [-0.2, -0.15) is 0 Å². The van der Waals surface area contributed by atoms with Crippen LogP contribution in [0.25, 0.3) is 0 Å². The summed E-state index contributed by atoms with van der Waals surface area (Å²) in [5.74, 6) is 0.883. The minimum atomic E-state index is 0.596. The predicted octanol–water partition coefficient (Wildman–Crippen LogP) is 3.67. The van der Waals surface area contributed by atoms with Crippen molar-refractivity contribution in [2.75, 3.05) is 5.73 Å². The molecular formula is C10H9ClN2S2. The van der Waals surface area contributed by atoms with Crippen LogP contribution >= 0.6 is 34.7 Å². The van der Waals surface area contributed by atoms with E-state index in [1.165, 1.54) is 21.1 Å². The topological polar surface area (TPSA) is 38.9 Å². The van der Waals surface area contributed by atoms with Crippen LogP contribution in [0.2, 0.25) is 4.47 Å². The lowest BCUT2D eigenvalue weighted by Gasteiger charge is -2.00. The van der Waals surface area contributed by atoms with Gasteiger partial charge in [0.05, 0.1) is 0 Å². The van der Waals surface area contributed by atoms with Crippen molar-refractivity contribution in [3.8, 4) is 0 Å². The van der Waals surface area contributed by atoms with Crippen LogP contribution in [0.3, 0.4) is 0 Å². The van der Waals surface area contributed by atoms with E-state index in [0.717, 1.165) is 11.4 Å². The molecule has 0 atom stereocenters. The minimum Gasteiger partial charge on any atom is -0.399 e. The molecule has 0 bridgehead atoms. The second-order valence-electron chi connectivity index (χ2n) is 2.94. The summed E-state index contributed by atoms with van der Waals surface area (Å²) in [6.45, 7) is 0. The number of nitrogens with zero attached hydrogens (tertiary/aromatic N) is 1. The summed E-state index contributed by atoms with van der Waals surface area (Å²) in [6, 6.07) is 7.85. The van der Waals surface area contributed by atoms with Gasteiger partial charge in [0.25, 0.3) is 0 Å². The zero-order chi connectivity index (χ0) is 10.7. The lowest BCUT2D eigenvalue weighted by Crippen LogP contribution is -1.83. The maximum absolute atomic E-state index is 5.75. The fourth-order valence-corrected chi connectivity index (χ4v) is 3.07. The summed E-state index contributed by atoms with van der Waals surface area (Å²) in [6.07, 6.45) is 1.81. The highest BCUT2D eigenvalue weighted by Gasteiger charge is 2.00. The van der Waals surface area contributed by atoms with E-state index in [9.17, 15) is 0 Å². The van der Waals surface area contributed by atoms with Gasteiger partial charge in [-0.25, -0.2) is 4.98 Å². The zero-order valence-corrected chi connectivity index (χ0v) is 10.2. The second kappa shape index (κ2) is 4.88.